The van der Waals surface area contributed by atoms with Gasteiger partial charge < -0.3 is 15.7 Å². The Morgan fingerprint density at radius 1 is 1.67 bits per heavy atom. The number of amidine groups is 1. The van der Waals surface area contributed by atoms with Gasteiger partial charge in [0, 0.05) is 19.8 Å². The number of ether oxygens (including phenoxy) is 1. The molecule has 1 saturated heterocycles. The third-order valence-electron chi connectivity index (χ3n) is 2.76. The van der Waals surface area contributed by atoms with Gasteiger partial charge in [0.05, 0.1) is 6.04 Å². The van der Waals surface area contributed by atoms with Crippen LogP contribution in [0.1, 0.15) is 26.2 Å². The summed E-state index contributed by atoms with van der Waals surface area (Å²) in [7, 11) is 0. The van der Waals surface area contributed by atoms with Crippen LogP contribution in [0.5, 0.6) is 0 Å². The fourth-order valence-electron chi connectivity index (χ4n) is 2.01. The standard InChI is InChI=1S/C10H21N3O2/c1-2-15-8-4-7-13-6-3-5-9(13)10(11)12-14/h9,14H,2-8H2,1H3,(H2,11,12). The summed E-state index contributed by atoms with van der Waals surface area (Å²) in [4.78, 5) is 2.26. The van der Waals surface area contributed by atoms with Gasteiger partial charge >= 0.3 is 0 Å². The summed E-state index contributed by atoms with van der Waals surface area (Å²) in [6.45, 7) is 5.54. The van der Waals surface area contributed by atoms with Crippen LogP contribution in [-0.4, -0.2) is 48.3 Å². The maximum Gasteiger partial charge on any atom is 0.156 e. The van der Waals surface area contributed by atoms with Crippen molar-refractivity contribution >= 4 is 5.84 Å². The summed E-state index contributed by atoms with van der Waals surface area (Å²) in [6.07, 6.45) is 3.11. The van der Waals surface area contributed by atoms with Crippen LogP contribution in [0.2, 0.25) is 0 Å². The van der Waals surface area contributed by atoms with Crippen molar-refractivity contribution in [2.75, 3.05) is 26.3 Å². The van der Waals surface area contributed by atoms with E-state index in [1.54, 1.807) is 0 Å². The first-order chi connectivity index (χ1) is 7.29. The van der Waals surface area contributed by atoms with Crippen molar-refractivity contribution in [3.63, 3.8) is 0 Å². The van der Waals surface area contributed by atoms with E-state index in [2.05, 4.69) is 10.1 Å². The monoisotopic (exact) mass is 215 g/mol. The maximum absolute atomic E-state index is 8.63. The summed E-state index contributed by atoms with van der Waals surface area (Å²) in [6, 6.07) is 0.122. The molecule has 1 atom stereocenters. The predicted octanol–water partition coefficient (Wildman–Crippen LogP) is 0.624. The highest BCUT2D eigenvalue weighted by molar-refractivity contribution is 5.85. The van der Waals surface area contributed by atoms with Crippen molar-refractivity contribution in [1.82, 2.24) is 4.90 Å². The van der Waals surface area contributed by atoms with E-state index < -0.39 is 0 Å². The molecule has 3 N–H and O–H groups in total. The molecule has 1 fully saturated rings. The van der Waals surface area contributed by atoms with Crippen LogP contribution in [-0.2, 0) is 4.74 Å². The molecular formula is C10H21N3O2. The Kier molecular flexibility index (Phi) is 5.42. The summed E-state index contributed by atoms with van der Waals surface area (Å²) in [5.74, 6) is 0.337. The highest BCUT2D eigenvalue weighted by atomic mass is 16.5. The Labute approximate surface area is 90.9 Å². The number of nitrogens with two attached hydrogens (primary N) is 1. The van der Waals surface area contributed by atoms with Crippen molar-refractivity contribution in [3.8, 4) is 0 Å². The molecule has 0 aliphatic carbocycles. The fourth-order valence-corrected chi connectivity index (χ4v) is 2.01. The molecule has 0 amide bonds. The Bertz CT molecular complexity index is 209. The van der Waals surface area contributed by atoms with Crippen LogP contribution >= 0.6 is 0 Å². The highest BCUT2D eigenvalue weighted by Gasteiger charge is 2.27. The second kappa shape index (κ2) is 6.63. The molecule has 5 heteroatoms. The molecule has 1 aliphatic heterocycles. The molecule has 1 aliphatic rings. The summed E-state index contributed by atoms with van der Waals surface area (Å²) < 4.78 is 5.28. The number of oxime groups is 1. The summed E-state index contributed by atoms with van der Waals surface area (Å²) in [5.41, 5.74) is 5.63. The van der Waals surface area contributed by atoms with Gasteiger partial charge in [0.2, 0.25) is 0 Å². The van der Waals surface area contributed by atoms with E-state index in [0.717, 1.165) is 45.6 Å². The number of nitrogens with zero attached hydrogens (tertiary/aromatic N) is 2. The van der Waals surface area contributed by atoms with Crippen LogP contribution in [0, 0.1) is 0 Å². The van der Waals surface area contributed by atoms with Crippen molar-refractivity contribution in [2.45, 2.75) is 32.2 Å². The average Bonchev–Trinajstić information content (AvgIpc) is 2.71. The lowest BCUT2D eigenvalue weighted by molar-refractivity contribution is 0.133. The van der Waals surface area contributed by atoms with Crippen LogP contribution in [0.25, 0.3) is 0 Å². The minimum absolute atomic E-state index is 0.122. The zero-order chi connectivity index (χ0) is 11.1. The van der Waals surface area contributed by atoms with Crippen LogP contribution in [0.4, 0.5) is 0 Å². The van der Waals surface area contributed by atoms with Crippen molar-refractivity contribution < 1.29 is 9.94 Å². The third kappa shape index (κ3) is 3.68. The predicted molar refractivity (Wildman–Crippen MR) is 59.1 cm³/mol. The summed E-state index contributed by atoms with van der Waals surface area (Å²) in [5, 5.41) is 11.7. The van der Waals surface area contributed by atoms with Gasteiger partial charge in [-0.3, -0.25) is 4.90 Å². The van der Waals surface area contributed by atoms with Gasteiger partial charge in [-0.05, 0) is 32.7 Å². The molecule has 0 aromatic heterocycles. The lowest BCUT2D eigenvalue weighted by Gasteiger charge is -2.22. The molecule has 15 heavy (non-hydrogen) atoms. The van der Waals surface area contributed by atoms with Crippen molar-refractivity contribution in [3.05, 3.63) is 0 Å². The number of likely N-dealkylation sites (tertiary alicyclic amines) is 1. The van der Waals surface area contributed by atoms with Crippen LogP contribution in [0.15, 0.2) is 5.16 Å². The molecule has 1 rings (SSSR count). The van der Waals surface area contributed by atoms with Crippen LogP contribution in [0.3, 0.4) is 0 Å². The molecule has 0 aromatic rings. The summed E-state index contributed by atoms with van der Waals surface area (Å²) >= 11 is 0. The second-order valence-corrected chi connectivity index (χ2v) is 3.77. The zero-order valence-corrected chi connectivity index (χ0v) is 9.35. The minimum Gasteiger partial charge on any atom is -0.409 e. The number of rotatable bonds is 6. The largest absolute Gasteiger partial charge is 0.409 e. The van der Waals surface area contributed by atoms with E-state index in [-0.39, 0.29) is 6.04 Å². The molecule has 5 nitrogen and oxygen atoms in total. The Hall–Kier alpha value is -0.810. The second-order valence-electron chi connectivity index (χ2n) is 3.77. The van der Waals surface area contributed by atoms with Crippen LogP contribution < -0.4 is 5.73 Å². The molecule has 0 spiro atoms. The molecule has 0 radical (unpaired) electrons. The van der Waals surface area contributed by atoms with Crippen molar-refractivity contribution in [2.24, 2.45) is 10.9 Å². The third-order valence-corrected chi connectivity index (χ3v) is 2.76. The van der Waals surface area contributed by atoms with Gasteiger partial charge in [-0.25, -0.2) is 0 Å². The highest BCUT2D eigenvalue weighted by Crippen LogP contribution is 2.17. The Morgan fingerprint density at radius 3 is 3.13 bits per heavy atom. The molecule has 0 saturated carbocycles. The van der Waals surface area contributed by atoms with Gasteiger partial charge in [-0.15, -0.1) is 0 Å². The first-order valence-electron chi connectivity index (χ1n) is 5.58. The average molecular weight is 215 g/mol. The number of hydrogen-bond donors (Lipinski definition) is 2. The van der Waals surface area contributed by atoms with E-state index in [0.29, 0.717) is 5.84 Å². The van der Waals surface area contributed by atoms with Gasteiger partial charge in [0.15, 0.2) is 5.84 Å². The Balaban J connectivity index is 2.27. The lowest BCUT2D eigenvalue weighted by atomic mass is 10.2. The van der Waals surface area contributed by atoms with Gasteiger partial charge in [-0.1, -0.05) is 5.16 Å². The first kappa shape index (κ1) is 12.3. The van der Waals surface area contributed by atoms with Gasteiger partial charge in [0.1, 0.15) is 0 Å². The number of hydrogen-bond acceptors (Lipinski definition) is 4. The van der Waals surface area contributed by atoms with E-state index in [4.69, 9.17) is 15.7 Å². The SMILES string of the molecule is CCOCCCN1CCCC1C(N)=NO. The molecule has 1 heterocycles. The molecule has 0 bridgehead atoms. The minimum atomic E-state index is 0.122. The van der Waals surface area contributed by atoms with E-state index in [1.807, 2.05) is 6.92 Å². The first-order valence-corrected chi connectivity index (χ1v) is 5.58. The molecule has 0 aromatic carbocycles. The van der Waals surface area contributed by atoms with E-state index in [1.165, 1.54) is 0 Å². The van der Waals surface area contributed by atoms with Gasteiger partial charge in [-0.2, -0.15) is 0 Å². The lowest BCUT2D eigenvalue weighted by Crippen LogP contribution is -2.41. The van der Waals surface area contributed by atoms with E-state index >= 15 is 0 Å². The fraction of sp³-hybridized carbons (Fsp3) is 0.900. The Morgan fingerprint density at radius 2 is 2.47 bits per heavy atom. The maximum atomic E-state index is 8.63. The van der Waals surface area contributed by atoms with Gasteiger partial charge in [0.25, 0.3) is 0 Å². The quantitative estimate of drug-likeness (QED) is 0.224. The molecule has 1 unspecified atom stereocenters. The van der Waals surface area contributed by atoms with Crippen molar-refractivity contribution in [1.29, 1.82) is 0 Å². The molecular weight excluding hydrogens is 194 g/mol. The molecule has 88 valence electrons. The normalized spacial score (nSPS) is 23.5. The van der Waals surface area contributed by atoms with E-state index in [9.17, 15) is 0 Å². The zero-order valence-electron chi connectivity index (χ0n) is 9.35. The smallest absolute Gasteiger partial charge is 0.156 e. The topological polar surface area (TPSA) is 71.1 Å².